The molecule has 2 heterocycles. The second-order valence-corrected chi connectivity index (χ2v) is 6.21. The molecular formula is C19H16F2N4O. The highest BCUT2D eigenvalue weighted by atomic mass is 19.2. The van der Waals surface area contributed by atoms with Gasteiger partial charge in [-0.25, -0.2) is 18.7 Å². The summed E-state index contributed by atoms with van der Waals surface area (Å²) >= 11 is 0. The van der Waals surface area contributed by atoms with Gasteiger partial charge in [0.2, 0.25) is 0 Å². The number of amides is 1. The third-order valence-electron chi connectivity index (χ3n) is 4.46. The zero-order valence-corrected chi connectivity index (χ0v) is 13.9. The number of nitrogens with one attached hydrogen (secondary N) is 1. The highest BCUT2D eigenvalue weighted by Crippen LogP contribution is 2.28. The monoisotopic (exact) mass is 354 g/mol. The van der Waals surface area contributed by atoms with Gasteiger partial charge in [-0.1, -0.05) is 0 Å². The molecule has 3 aromatic rings. The lowest BCUT2D eigenvalue weighted by atomic mass is 10.1. The van der Waals surface area contributed by atoms with Gasteiger partial charge < -0.3 is 10.2 Å². The van der Waals surface area contributed by atoms with Crippen LogP contribution in [0.5, 0.6) is 0 Å². The molecule has 4 rings (SSSR count). The summed E-state index contributed by atoms with van der Waals surface area (Å²) in [6.07, 6.45) is 3.78. The van der Waals surface area contributed by atoms with E-state index in [2.05, 4.69) is 20.2 Å². The van der Waals surface area contributed by atoms with E-state index in [9.17, 15) is 13.6 Å². The Hall–Kier alpha value is -3.09. The van der Waals surface area contributed by atoms with Crippen LogP contribution in [0.25, 0.3) is 10.9 Å². The van der Waals surface area contributed by atoms with Crippen LogP contribution in [0.2, 0.25) is 0 Å². The molecule has 0 radical (unpaired) electrons. The predicted molar refractivity (Wildman–Crippen MR) is 95.3 cm³/mol. The Kier molecular flexibility index (Phi) is 4.20. The summed E-state index contributed by atoms with van der Waals surface area (Å²) in [5.74, 6) is -1.71. The molecule has 7 heteroatoms. The lowest BCUT2D eigenvalue weighted by Gasteiger charge is -2.18. The molecule has 0 unspecified atom stereocenters. The Morgan fingerprint density at radius 1 is 1.00 bits per heavy atom. The number of carbonyl (C=O) groups is 1. The molecule has 1 fully saturated rings. The molecule has 1 aromatic heterocycles. The fraction of sp³-hybridized carbons (Fsp3) is 0.211. The van der Waals surface area contributed by atoms with Crippen molar-refractivity contribution >= 4 is 28.3 Å². The van der Waals surface area contributed by atoms with Crippen LogP contribution in [-0.4, -0.2) is 29.0 Å². The SMILES string of the molecule is O=C(Nc1ccc2ncnc(N3CCCC3)c2c1)c1ccc(F)c(F)c1. The summed E-state index contributed by atoms with van der Waals surface area (Å²) in [4.78, 5) is 23.2. The Balaban J connectivity index is 1.65. The van der Waals surface area contributed by atoms with Crippen LogP contribution in [0, 0.1) is 11.6 Å². The summed E-state index contributed by atoms with van der Waals surface area (Å²) < 4.78 is 26.4. The van der Waals surface area contributed by atoms with Gasteiger partial charge >= 0.3 is 0 Å². The Bertz CT molecular complexity index is 986. The lowest BCUT2D eigenvalue weighted by molar-refractivity contribution is 0.102. The van der Waals surface area contributed by atoms with Crippen molar-refractivity contribution < 1.29 is 13.6 Å². The molecule has 1 amide bonds. The van der Waals surface area contributed by atoms with Gasteiger partial charge in [0, 0.05) is 29.7 Å². The zero-order chi connectivity index (χ0) is 18.1. The van der Waals surface area contributed by atoms with E-state index < -0.39 is 17.5 Å². The average molecular weight is 354 g/mol. The minimum Gasteiger partial charge on any atom is -0.356 e. The first kappa shape index (κ1) is 16.4. The van der Waals surface area contributed by atoms with Crippen molar-refractivity contribution in [2.24, 2.45) is 0 Å². The summed E-state index contributed by atoms with van der Waals surface area (Å²) in [5.41, 5.74) is 1.38. The lowest BCUT2D eigenvalue weighted by Crippen LogP contribution is -2.19. The molecule has 1 saturated heterocycles. The van der Waals surface area contributed by atoms with E-state index in [4.69, 9.17) is 0 Å². The van der Waals surface area contributed by atoms with E-state index in [0.29, 0.717) is 5.69 Å². The normalized spacial score (nSPS) is 14.0. The van der Waals surface area contributed by atoms with Crippen molar-refractivity contribution in [2.75, 3.05) is 23.3 Å². The largest absolute Gasteiger partial charge is 0.356 e. The van der Waals surface area contributed by atoms with Gasteiger partial charge in [0.15, 0.2) is 11.6 Å². The van der Waals surface area contributed by atoms with Crippen LogP contribution in [0.3, 0.4) is 0 Å². The second kappa shape index (κ2) is 6.67. The van der Waals surface area contributed by atoms with Gasteiger partial charge in [0.05, 0.1) is 5.52 Å². The van der Waals surface area contributed by atoms with Crippen LogP contribution in [0.1, 0.15) is 23.2 Å². The number of halogens is 2. The van der Waals surface area contributed by atoms with E-state index >= 15 is 0 Å². The molecule has 5 nitrogen and oxygen atoms in total. The number of anilines is 2. The molecule has 1 aliphatic heterocycles. The minimum atomic E-state index is -1.05. The van der Waals surface area contributed by atoms with Crippen LogP contribution in [-0.2, 0) is 0 Å². The number of hydrogen-bond donors (Lipinski definition) is 1. The molecule has 0 aliphatic carbocycles. The first-order valence-electron chi connectivity index (χ1n) is 8.38. The second-order valence-electron chi connectivity index (χ2n) is 6.21. The first-order valence-corrected chi connectivity index (χ1v) is 8.38. The van der Waals surface area contributed by atoms with Crippen LogP contribution >= 0.6 is 0 Å². The van der Waals surface area contributed by atoms with Gasteiger partial charge in [-0.15, -0.1) is 0 Å². The smallest absolute Gasteiger partial charge is 0.255 e. The summed E-state index contributed by atoms with van der Waals surface area (Å²) in [6, 6.07) is 8.39. The first-order chi connectivity index (χ1) is 12.6. The molecular weight excluding hydrogens is 338 g/mol. The minimum absolute atomic E-state index is 0.0491. The van der Waals surface area contributed by atoms with E-state index in [1.165, 1.54) is 12.4 Å². The topological polar surface area (TPSA) is 58.1 Å². The fourth-order valence-electron chi connectivity index (χ4n) is 3.14. The number of nitrogens with zero attached hydrogens (tertiary/aromatic N) is 3. The van der Waals surface area contributed by atoms with E-state index in [0.717, 1.165) is 54.8 Å². The summed E-state index contributed by atoms with van der Waals surface area (Å²) in [7, 11) is 0. The maximum absolute atomic E-state index is 13.3. The number of aromatic nitrogens is 2. The number of hydrogen-bond acceptors (Lipinski definition) is 4. The molecule has 26 heavy (non-hydrogen) atoms. The van der Waals surface area contributed by atoms with Crippen LogP contribution in [0.4, 0.5) is 20.3 Å². The van der Waals surface area contributed by atoms with Gasteiger partial charge in [-0.05, 0) is 49.2 Å². The zero-order valence-electron chi connectivity index (χ0n) is 13.9. The predicted octanol–water partition coefficient (Wildman–Crippen LogP) is 3.76. The average Bonchev–Trinajstić information content (AvgIpc) is 3.18. The van der Waals surface area contributed by atoms with Gasteiger partial charge in [0.1, 0.15) is 12.1 Å². The molecule has 2 aromatic carbocycles. The Labute approximate surface area is 148 Å². The highest BCUT2D eigenvalue weighted by molar-refractivity contribution is 6.05. The summed E-state index contributed by atoms with van der Waals surface area (Å²) in [5, 5.41) is 3.56. The van der Waals surface area contributed by atoms with Crippen molar-refractivity contribution in [3.05, 3.63) is 59.9 Å². The quantitative estimate of drug-likeness (QED) is 0.778. The van der Waals surface area contributed by atoms with Crippen molar-refractivity contribution in [3.63, 3.8) is 0 Å². The Morgan fingerprint density at radius 3 is 2.58 bits per heavy atom. The number of carbonyl (C=O) groups excluding carboxylic acids is 1. The van der Waals surface area contributed by atoms with E-state index in [1.54, 1.807) is 18.2 Å². The van der Waals surface area contributed by atoms with Crippen molar-refractivity contribution in [3.8, 4) is 0 Å². The highest BCUT2D eigenvalue weighted by Gasteiger charge is 2.17. The van der Waals surface area contributed by atoms with E-state index in [-0.39, 0.29) is 5.56 Å². The summed E-state index contributed by atoms with van der Waals surface area (Å²) in [6.45, 7) is 1.88. The molecule has 132 valence electrons. The number of rotatable bonds is 3. The van der Waals surface area contributed by atoms with Crippen LogP contribution < -0.4 is 10.2 Å². The number of fused-ring (bicyclic) bond motifs is 1. The standard InChI is InChI=1S/C19H16F2N4O/c20-15-5-3-12(9-16(15)21)19(26)24-13-4-6-17-14(10-13)18(23-11-22-17)25-7-1-2-8-25/h3-6,9-11H,1-2,7-8H2,(H,24,26). The third-order valence-corrected chi connectivity index (χ3v) is 4.46. The molecule has 1 aliphatic rings. The van der Waals surface area contributed by atoms with Crippen LogP contribution in [0.15, 0.2) is 42.7 Å². The van der Waals surface area contributed by atoms with Crippen molar-refractivity contribution in [2.45, 2.75) is 12.8 Å². The molecule has 0 bridgehead atoms. The molecule has 0 spiro atoms. The maximum Gasteiger partial charge on any atom is 0.255 e. The van der Waals surface area contributed by atoms with Gasteiger partial charge in [0.25, 0.3) is 5.91 Å². The number of benzene rings is 2. The van der Waals surface area contributed by atoms with Crippen molar-refractivity contribution in [1.82, 2.24) is 9.97 Å². The maximum atomic E-state index is 13.3. The molecule has 0 saturated carbocycles. The van der Waals surface area contributed by atoms with Gasteiger partial charge in [-0.3, -0.25) is 4.79 Å². The molecule has 0 atom stereocenters. The Morgan fingerprint density at radius 2 is 1.81 bits per heavy atom. The van der Waals surface area contributed by atoms with Gasteiger partial charge in [-0.2, -0.15) is 0 Å². The third kappa shape index (κ3) is 3.08. The van der Waals surface area contributed by atoms with Crippen molar-refractivity contribution in [1.29, 1.82) is 0 Å². The van der Waals surface area contributed by atoms with E-state index in [1.807, 2.05) is 0 Å². The molecule has 1 N–H and O–H groups in total. The fourth-order valence-corrected chi connectivity index (χ4v) is 3.14.